The first-order valence-corrected chi connectivity index (χ1v) is 9.05. The Morgan fingerprint density at radius 1 is 1.10 bits per heavy atom. The number of hydrogen-bond acceptors (Lipinski definition) is 6. The highest BCUT2D eigenvalue weighted by atomic mass is 16.5. The fraction of sp³-hybridized carbons (Fsp3) is 0.227. The van der Waals surface area contributed by atoms with E-state index in [1.54, 1.807) is 20.3 Å². The molecule has 1 N–H and O–H groups in total. The zero-order valence-electron chi connectivity index (χ0n) is 16.9. The van der Waals surface area contributed by atoms with Gasteiger partial charge in [0.25, 0.3) is 0 Å². The predicted molar refractivity (Wildman–Crippen MR) is 113 cm³/mol. The number of rotatable bonds is 7. The molecule has 148 valence electrons. The summed E-state index contributed by atoms with van der Waals surface area (Å²) in [6.07, 6.45) is 2.31. The van der Waals surface area contributed by atoms with Crippen LogP contribution in [0.25, 0.3) is 11.6 Å². The third-order valence-corrected chi connectivity index (χ3v) is 4.43. The van der Waals surface area contributed by atoms with E-state index in [4.69, 9.17) is 9.47 Å². The molecule has 0 unspecified atom stereocenters. The summed E-state index contributed by atoms with van der Waals surface area (Å²) in [4.78, 5) is 6.50. The summed E-state index contributed by atoms with van der Waals surface area (Å²) in [5.74, 6) is 2.36. The van der Waals surface area contributed by atoms with Gasteiger partial charge in [0.1, 0.15) is 11.9 Å². The number of allylic oxidation sites excluding steroid dienone is 1. The molecule has 1 aromatic heterocycles. The SMILES string of the molecule is COc1ccc(Cc2nc(/C(C#N)=C\c3ccc(N(C)C)cc3)n[nH]2)cc1OC. The summed E-state index contributed by atoms with van der Waals surface area (Å²) in [6, 6.07) is 15.8. The van der Waals surface area contributed by atoms with E-state index in [0.717, 1.165) is 16.8 Å². The van der Waals surface area contributed by atoms with Crippen LogP contribution in [0.2, 0.25) is 0 Å². The van der Waals surface area contributed by atoms with Crippen molar-refractivity contribution in [2.75, 3.05) is 33.2 Å². The second-order valence-electron chi connectivity index (χ2n) is 6.63. The smallest absolute Gasteiger partial charge is 0.191 e. The predicted octanol–water partition coefficient (Wildman–Crippen LogP) is 3.54. The van der Waals surface area contributed by atoms with Crippen molar-refractivity contribution in [1.29, 1.82) is 5.26 Å². The van der Waals surface area contributed by atoms with Crippen molar-refractivity contribution in [3.05, 3.63) is 65.2 Å². The second kappa shape index (κ2) is 8.93. The van der Waals surface area contributed by atoms with E-state index in [9.17, 15) is 5.26 Å². The normalized spacial score (nSPS) is 11.1. The van der Waals surface area contributed by atoms with Crippen molar-refractivity contribution < 1.29 is 9.47 Å². The van der Waals surface area contributed by atoms with Gasteiger partial charge < -0.3 is 14.4 Å². The third-order valence-electron chi connectivity index (χ3n) is 4.43. The number of nitriles is 1. The van der Waals surface area contributed by atoms with Crippen molar-refractivity contribution in [2.45, 2.75) is 6.42 Å². The fourth-order valence-corrected chi connectivity index (χ4v) is 2.86. The summed E-state index contributed by atoms with van der Waals surface area (Å²) in [6.45, 7) is 0. The van der Waals surface area contributed by atoms with Gasteiger partial charge in [0.2, 0.25) is 0 Å². The minimum Gasteiger partial charge on any atom is -0.493 e. The molecule has 3 rings (SSSR count). The van der Waals surface area contributed by atoms with Gasteiger partial charge in [0.05, 0.1) is 19.8 Å². The average Bonchev–Trinajstić information content (AvgIpc) is 3.20. The molecule has 0 aliphatic rings. The molecule has 3 aromatic rings. The zero-order valence-corrected chi connectivity index (χ0v) is 16.9. The third kappa shape index (κ3) is 4.74. The minimum atomic E-state index is 0.375. The van der Waals surface area contributed by atoms with Gasteiger partial charge in [0.15, 0.2) is 17.3 Å². The number of nitrogens with one attached hydrogen (secondary N) is 1. The maximum Gasteiger partial charge on any atom is 0.191 e. The highest BCUT2D eigenvalue weighted by molar-refractivity contribution is 5.87. The largest absolute Gasteiger partial charge is 0.493 e. The lowest BCUT2D eigenvalue weighted by Gasteiger charge is -2.11. The molecule has 0 aliphatic carbocycles. The van der Waals surface area contributed by atoms with Crippen LogP contribution < -0.4 is 14.4 Å². The van der Waals surface area contributed by atoms with Crippen molar-refractivity contribution in [3.63, 3.8) is 0 Å². The van der Waals surface area contributed by atoms with Crippen LogP contribution in [0, 0.1) is 11.3 Å². The molecule has 0 aliphatic heterocycles. The molecule has 7 heteroatoms. The number of H-pyrrole nitrogens is 1. The minimum absolute atomic E-state index is 0.375. The number of aromatic nitrogens is 3. The number of benzene rings is 2. The van der Waals surface area contributed by atoms with Crippen LogP contribution in [-0.4, -0.2) is 43.5 Å². The Bertz CT molecular complexity index is 1050. The first-order chi connectivity index (χ1) is 14.0. The Hall–Kier alpha value is -3.79. The Morgan fingerprint density at radius 3 is 2.45 bits per heavy atom. The van der Waals surface area contributed by atoms with E-state index in [1.807, 2.05) is 61.5 Å². The lowest BCUT2D eigenvalue weighted by molar-refractivity contribution is 0.354. The van der Waals surface area contributed by atoms with Crippen molar-refractivity contribution >= 4 is 17.3 Å². The monoisotopic (exact) mass is 389 g/mol. The maximum atomic E-state index is 9.56. The van der Waals surface area contributed by atoms with Gasteiger partial charge in [-0.25, -0.2) is 4.98 Å². The fourth-order valence-electron chi connectivity index (χ4n) is 2.86. The lowest BCUT2D eigenvalue weighted by atomic mass is 10.1. The van der Waals surface area contributed by atoms with Gasteiger partial charge in [-0.3, -0.25) is 5.10 Å². The van der Waals surface area contributed by atoms with E-state index in [-0.39, 0.29) is 0 Å². The number of nitrogens with zero attached hydrogens (tertiary/aromatic N) is 4. The molecule has 0 fully saturated rings. The van der Waals surface area contributed by atoms with Gasteiger partial charge in [-0.1, -0.05) is 18.2 Å². The molecular formula is C22H23N5O2. The van der Waals surface area contributed by atoms with Gasteiger partial charge in [-0.05, 0) is 41.5 Å². The summed E-state index contributed by atoms with van der Waals surface area (Å²) < 4.78 is 10.6. The molecule has 29 heavy (non-hydrogen) atoms. The Balaban J connectivity index is 1.79. The van der Waals surface area contributed by atoms with Gasteiger partial charge in [0, 0.05) is 26.2 Å². The topological polar surface area (TPSA) is 87.1 Å². The Morgan fingerprint density at radius 2 is 1.83 bits per heavy atom. The second-order valence-corrected chi connectivity index (χ2v) is 6.63. The summed E-state index contributed by atoms with van der Waals surface area (Å²) >= 11 is 0. The highest BCUT2D eigenvalue weighted by Crippen LogP contribution is 2.28. The number of aromatic amines is 1. The number of anilines is 1. The van der Waals surface area contributed by atoms with Crippen LogP contribution >= 0.6 is 0 Å². The van der Waals surface area contributed by atoms with Crippen molar-refractivity contribution in [3.8, 4) is 17.6 Å². The summed E-state index contributed by atoms with van der Waals surface area (Å²) in [7, 11) is 7.17. The van der Waals surface area contributed by atoms with Crippen molar-refractivity contribution in [1.82, 2.24) is 15.2 Å². The number of hydrogen-bond donors (Lipinski definition) is 1. The molecule has 1 heterocycles. The van der Waals surface area contributed by atoms with E-state index >= 15 is 0 Å². The molecule has 0 atom stereocenters. The zero-order chi connectivity index (χ0) is 20.8. The van der Waals surface area contributed by atoms with E-state index in [0.29, 0.717) is 35.1 Å². The van der Waals surface area contributed by atoms with Crippen molar-refractivity contribution in [2.24, 2.45) is 0 Å². The van der Waals surface area contributed by atoms with Gasteiger partial charge in [-0.2, -0.15) is 10.4 Å². The van der Waals surface area contributed by atoms with Crippen LogP contribution in [0.3, 0.4) is 0 Å². The van der Waals surface area contributed by atoms with E-state index in [2.05, 4.69) is 21.3 Å². The first-order valence-electron chi connectivity index (χ1n) is 9.05. The first kappa shape index (κ1) is 20.0. The molecule has 2 aromatic carbocycles. The molecule has 0 amide bonds. The average molecular weight is 389 g/mol. The quantitative estimate of drug-likeness (QED) is 0.622. The Kier molecular flexibility index (Phi) is 6.15. The molecule has 0 radical (unpaired) electrons. The van der Waals surface area contributed by atoms with Crippen LogP contribution in [0.15, 0.2) is 42.5 Å². The molecule has 0 saturated heterocycles. The molecular weight excluding hydrogens is 366 g/mol. The van der Waals surface area contributed by atoms with Crippen LogP contribution in [0.4, 0.5) is 5.69 Å². The summed E-state index contributed by atoms with van der Waals surface area (Å²) in [5.41, 5.74) is 3.40. The Labute approximate surface area is 170 Å². The standard InChI is InChI=1S/C22H23N5O2/c1-27(2)18-8-5-15(6-9-18)11-17(14-23)22-24-21(25-26-22)13-16-7-10-19(28-3)20(12-16)29-4/h5-12H,13H2,1-4H3,(H,24,25,26)/b17-11-. The highest BCUT2D eigenvalue weighted by Gasteiger charge is 2.11. The molecule has 7 nitrogen and oxygen atoms in total. The molecule has 0 spiro atoms. The maximum absolute atomic E-state index is 9.56. The number of methoxy groups -OCH3 is 2. The van der Waals surface area contributed by atoms with E-state index in [1.165, 1.54) is 0 Å². The molecule has 0 bridgehead atoms. The summed E-state index contributed by atoms with van der Waals surface area (Å²) in [5, 5.41) is 16.7. The van der Waals surface area contributed by atoms with Crippen LogP contribution in [0.1, 0.15) is 22.8 Å². The van der Waals surface area contributed by atoms with Crippen LogP contribution in [0.5, 0.6) is 11.5 Å². The van der Waals surface area contributed by atoms with E-state index < -0.39 is 0 Å². The lowest BCUT2D eigenvalue weighted by Crippen LogP contribution is -2.07. The number of ether oxygens (including phenoxy) is 2. The van der Waals surface area contributed by atoms with Crippen LogP contribution in [-0.2, 0) is 6.42 Å². The molecule has 0 saturated carbocycles. The van der Waals surface area contributed by atoms with Gasteiger partial charge in [-0.15, -0.1) is 0 Å². The van der Waals surface area contributed by atoms with Gasteiger partial charge >= 0.3 is 0 Å².